The van der Waals surface area contributed by atoms with Gasteiger partial charge < -0.3 is 9.84 Å². The van der Waals surface area contributed by atoms with Crippen LogP contribution in [0.3, 0.4) is 0 Å². The molecule has 2 atom stereocenters. The molecule has 0 aromatic heterocycles. The molecule has 0 aromatic rings. The molecule has 0 radical (unpaired) electrons. The van der Waals surface area contributed by atoms with Crippen molar-refractivity contribution in [2.24, 2.45) is 5.92 Å². The van der Waals surface area contributed by atoms with Crippen LogP contribution in [-0.4, -0.2) is 23.9 Å². The van der Waals surface area contributed by atoms with Crippen molar-refractivity contribution >= 4 is 0 Å². The molecule has 1 rings (SSSR count). The summed E-state index contributed by atoms with van der Waals surface area (Å²) in [5.41, 5.74) is -0.572. The highest BCUT2D eigenvalue weighted by molar-refractivity contribution is 4.78. The minimum atomic E-state index is -0.572. The number of rotatable bonds is 0. The van der Waals surface area contributed by atoms with Crippen LogP contribution >= 0.6 is 0 Å². The van der Waals surface area contributed by atoms with Gasteiger partial charge in [-0.1, -0.05) is 20.8 Å². The maximum absolute atomic E-state index is 9.42. The Morgan fingerprint density at radius 3 is 2.27 bits per heavy atom. The summed E-state index contributed by atoms with van der Waals surface area (Å²) < 4.78 is 5.15. The van der Waals surface area contributed by atoms with Crippen molar-refractivity contribution in [3.63, 3.8) is 0 Å². The van der Waals surface area contributed by atoms with E-state index in [-0.39, 0.29) is 0 Å². The Morgan fingerprint density at radius 2 is 2.00 bits per heavy atom. The summed E-state index contributed by atoms with van der Waals surface area (Å²) in [6.07, 6.45) is 0.868. The molecule has 2 unspecified atom stereocenters. The molecule has 2 nitrogen and oxygen atoms in total. The van der Waals surface area contributed by atoms with E-state index in [4.69, 9.17) is 4.74 Å². The molecular weight excluding hydrogens is 140 g/mol. The second kappa shape index (κ2) is 4.73. The fraction of sp³-hybridized carbons (Fsp3) is 1.00. The molecule has 1 saturated heterocycles. The van der Waals surface area contributed by atoms with Crippen LogP contribution in [0.5, 0.6) is 0 Å². The van der Waals surface area contributed by atoms with Crippen LogP contribution in [0.1, 0.15) is 34.1 Å². The fourth-order valence-electron chi connectivity index (χ4n) is 1.35. The number of hydrogen-bond acceptors (Lipinski definition) is 2. The van der Waals surface area contributed by atoms with E-state index in [9.17, 15) is 5.11 Å². The molecule has 1 aliphatic rings. The highest BCUT2D eigenvalue weighted by Gasteiger charge is 2.27. The number of aliphatic hydroxyl groups is 1. The first kappa shape index (κ1) is 10.9. The highest BCUT2D eigenvalue weighted by atomic mass is 16.5. The normalized spacial score (nSPS) is 37.4. The van der Waals surface area contributed by atoms with Crippen LogP contribution in [0.4, 0.5) is 0 Å². The molecule has 2 heteroatoms. The van der Waals surface area contributed by atoms with E-state index in [0.29, 0.717) is 12.5 Å². The molecule has 0 saturated carbocycles. The maximum Gasteiger partial charge on any atom is 0.0855 e. The van der Waals surface area contributed by atoms with E-state index in [1.807, 2.05) is 20.8 Å². The predicted molar refractivity (Wildman–Crippen MR) is 46.6 cm³/mol. The highest BCUT2D eigenvalue weighted by Crippen LogP contribution is 2.21. The summed E-state index contributed by atoms with van der Waals surface area (Å²) >= 11 is 0. The van der Waals surface area contributed by atoms with E-state index < -0.39 is 5.60 Å². The third kappa shape index (κ3) is 4.38. The van der Waals surface area contributed by atoms with Gasteiger partial charge in [-0.05, 0) is 19.3 Å². The predicted octanol–water partition coefficient (Wildman–Crippen LogP) is 1.82. The van der Waals surface area contributed by atoms with Gasteiger partial charge in [-0.3, -0.25) is 0 Å². The van der Waals surface area contributed by atoms with Crippen molar-refractivity contribution in [2.45, 2.75) is 39.7 Å². The summed E-state index contributed by atoms with van der Waals surface area (Å²) in [7, 11) is 0. The standard InChI is InChI=1S/C7H14O2.C2H6/c1-6-3-7(2,8)5-9-4-6;1-2/h6,8H,3-5H2,1-2H3;1-2H3. The molecule has 0 amide bonds. The van der Waals surface area contributed by atoms with E-state index in [2.05, 4.69) is 6.92 Å². The number of hydrogen-bond donors (Lipinski definition) is 1. The van der Waals surface area contributed by atoms with Crippen molar-refractivity contribution in [1.82, 2.24) is 0 Å². The van der Waals surface area contributed by atoms with Gasteiger partial charge in [0.05, 0.1) is 12.2 Å². The summed E-state index contributed by atoms with van der Waals surface area (Å²) in [5, 5.41) is 9.42. The Bertz CT molecular complexity index is 99.7. The molecule has 0 aromatic carbocycles. The van der Waals surface area contributed by atoms with Gasteiger partial charge in [0.1, 0.15) is 0 Å². The van der Waals surface area contributed by atoms with E-state index in [0.717, 1.165) is 13.0 Å². The third-order valence-corrected chi connectivity index (χ3v) is 1.60. The molecule has 1 heterocycles. The second-order valence-corrected chi connectivity index (χ2v) is 3.32. The Kier molecular flexibility index (Phi) is 4.69. The van der Waals surface area contributed by atoms with Crippen molar-refractivity contribution in [2.75, 3.05) is 13.2 Å². The first-order chi connectivity index (χ1) is 5.10. The lowest BCUT2D eigenvalue weighted by atomic mass is 9.92. The van der Waals surface area contributed by atoms with Gasteiger partial charge >= 0.3 is 0 Å². The average molecular weight is 160 g/mol. The quantitative estimate of drug-likeness (QED) is 0.585. The maximum atomic E-state index is 9.42. The Hall–Kier alpha value is -0.0800. The van der Waals surface area contributed by atoms with Gasteiger partial charge in [-0.2, -0.15) is 0 Å². The Labute approximate surface area is 69.6 Å². The summed E-state index contributed by atoms with van der Waals surface area (Å²) in [6, 6.07) is 0. The van der Waals surface area contributed by atoms with Gasteiger partial charge in [0.15, 0.2) is 0 Å². The first-order valence-electron chi connectivity index (χ1n) is 4.40. The summed E-state index contributed by atoms with van der Waals surface area (Å²) in [6.45, 7) is 9.21. The van der Waals surface area contributed by atoms with E-state index in [1.165, 1.54) is 0 Å². The molecule has 11 heavy (non-hydrogen) atoms. The summed E-state index contributed by atoms with van der Waals surface area (Å²) in [5.74, 6) is 0.508. The monoisotopic (exact) mass is 160 g/mol. The Morgan fingerprint density at radius 1 is 1.45 bits per heavy atom. The topological polar surface area (TPSA) is 29.5 Å². The molecule has 1 aliphatic heterocycles. The van der Waals surface area contributed by atoms with Crippen molar-refractivity contribution in [3.05, 3.63) is 0 Å². The lowest BCUT2D eigenvalue weighted by Gasteiger charge is -2.31. The molecule has 0 spiro atoms. The van der Waals surface area contributed by atoms with E-state index >= 15 is 0 Å². The number of ether oxygens (including phenoxy) is 1. The second-order valence-electron chi connectivity index (χ2n) is 3.32. The lowest BCUT2D eigenvalue weighted by molar-refractivity contribution is -0.0941. The smallest absolute Gasteiger partial charge is 0.0855 e. The van der Waals surface area contributed by atoms with Crippen LogP contribution in [0.25, 0.3) is 0 Å². The molecule has 68 valence electrons. The van der Waals surface area contributed by atoms with Gasteiger partial charge in [-0.15, -0.1) is 0 Å². The van der Waals surface area contributed by atoms with Crippen LogP contribution < -0.4 is 0 Å². The molecule has 0 aliphatic carbocycles. The van der Waals surface area contributed by atoms with E-state index in [1.54, 1.807) is 0 Å². The average Bonchev–Trinajstić information content (AvgIpc) is 1.89. The van der Waals surface area contributed by atoms with Crippen LogP contribution in [0, 0.1) is 5.92 Å². The molecule has 1 fully saturated rings. The van der Waals surface area contributed by atoms with Crippen LogP contribution in [0.15, 0.2) is 0 Å². The molecule has 0 bridgehead atoms. The minimum Gasteiger partial charge on any atom is -0.388 e. The SMILES string of the molecule is CC.CC1COCC(C)(O)C1. The van der Waals surface area contributed by atoms with Crippen LogP contribution in [0.2, 0.25) is 0 Å². The molecule has 1 N–H and O–H groups in total. The largest absolute Gasteiger partial charge is 0.388 e. The Balaban J connectivity index is 0.000000461. The van der Waals surface area contributed by atoms with Crippen LogP contribution in [-0.2, 0) is 4.74 Å². The van der Waals surface area contributed by atoms with Gasteiger partial charge in [0, 0.05) is 6.61 Å². The van der Waals surface area contributed by atoms with Gasteiger partial charge in [0.2, 0.25) is 0 Å². The third-order valence-electron chi connectivity index (χ3n) is 1.60. The van der Waals surface area contributed by atoms with Crippen molar-refractivity contribution in [1.29, 1.82) is 0 Å². The van der Waals surface area contributed by atoms with Gasteiger partial charge in [0.25, 0.3) is 0 Å². The van der Waals surface area contributed by atoms with Crippen molar-refractivity contribution < 1.29 is 9.84 Å². The van der Waals surface area contributed by atoms with Crippen molar-refractivity contribution in [3.8, 4) is 0 Å². The van der Waals surface area contributed by atoms with Gasteiger partial charge in [-0.25, -0.2) is 0 Å². The lowest BCUT2D eigenvalue weighted by Crippen LogP contribution is -2.38. The fourth-order valence-corrected chi connectivity index (χ4v) is 1.35. The summed E-state index contributed by atoms with van der Waals surface area (Å²) in [4.78, 5) is 0. The molecular formula is C9H20O2. The zero-order valence-corrected chi connectivity index (χ0v) is 8.05. The first-order valence-corrected chi connectivity index (χ1v) is 4.40. The zero-order valence-electron chi connectivity index (χ0n) is 8.05. The zero-order chi connectivity index (χ0) is 8.91. The minimum absolute atomic E-state index is 0.497.